The third-order valence-corrected chi connectivity index (χ3v) is 2.72. The third-order valence-electron chi connectivity index (χ3n) is 2.72. The van der Waals surface area contributed by atoms with Crippen molar-refractivity contribution in [2.75, 3.05) is 0 Å². The molecular weight excluding hydrogens is 241 g/mol. The average molecular weight is 254 g/mol. The summed E-state index contributed by atoms with van der Waals surface area (Å²) in [6.07, 6.45) is -4.39. The van der Waals surface area contributed by atoms with Gasteiger partial charge in [-0.25, -0.2) is 9.97 Å². The van der Waals surface area contributed by atoms with Crippen molar-refractivity contribution >= 4 is 10.9 Å². The summed E-state index contributed by atoms with van der Waals surface area (Å²) in [6.45, 7) is 5.42. The van der Waals surface area contributed by atoms with E-state index in [1.54, 1.807) is 13.0 Å². The Morgan fingerprint density at radius 3 is 2.33 bits per heavy atom. The Hall–Kier alpha value is -1.65. The second-order valence-corrected chi connectivity index (χ2v) is 4.51. The van der Waals surface area contributed by atoms with E-state index in [1.807, 2.05) is 13.8 Å². The molecule has 0 aliphatic carbocycles. The van der Waals surface area contributed by atoms with Gasteiger partial charge in [0.1, 0.15) is 5.82 Å². The van der Waals surface area contributed by atoms with Crippen LogP contribution in [0.2, 0.25) is 0 Å². The maximum Gasteiger partial charge on any atom is 0.418 e. The first kappa shape index (κ1) is 12.8. The van der Waals surface area contributed by atoms with Gasteiger partial charge >= 0.3 is 6.18 Å². The van der Waals surface area contributed by atoms with Crippen molar-refractivity contribution in [2.24, 2.45) is 0 Å². The number of alkyl halides is 3. The summed E-state index contributed by atoms with van der Waals surface area (Å²) in [5, 5.41) is 0.477. The van der Waals surface area contributed by atoms with Crippen LogP contribution in [0.15, 0.2) is 18.2 Å². The van der Waals surface area contributed by atoms with Gasteiger partial charge in [0.05, 0.1) is 16.8 Å². The Morgan fingerprint density at radius 1 is 1.11 bits per heavy atom. The molecule has 2 nitrogen and oxygen atoms in total. The van der Waals surface area contributed by atoms with E-state index in [-0.39, 0.29) is 11.4 Å². The minimum Gasteiger partial charge on any atom is -0.237 e. The van der Waals surface area contributed by atoms with Crippen molar-refractivity contribution < 1.29 is 13.2 Å². The lowest BCUT2D eigenvalue weighted by molar-refractivity contribution is -0.136. The first-order valence-corrected chi connectivity index (χ1v) is 5.65. The molecule has 96 valence electrons. The van der Waals surface area contributed by atoms with Gasteiger partial charge in [0.2, 0.25) is 0 Å². The van der Waals surface area contributed by atoms with Crippen LogP contribution in [0.5, 0.6) is 0 Å². The van der Waals surface area contributed by atoms with Crippen LogP contribution in [-0.2, 0) is 6.18 Å². The second kappa shape index (κ2) is 4.23. The van der Waals surface area contributed by atoms with E-state index in [0.717, 1.165) is 6.07 Å². The van der Waals surface area contributed by atoms with E-state index >= 15 is 0 Å². The standard InChI is InChI=1S/C13H13F3N2/c1-7(2)11-9-5-4-6-10(13(14,15)16)12(9)18-8(3)17-11/h4-7H,1-3H3. The zero-order valence-electron chi connectivity index (χ0n) is 10.3. The zero-order valence-corrected chi connectivity index (χ0v) is 10.3. The smallest absolute Gasteiger partial charge is 0.237 e. The van der Waals surface area contributed by atoms with Crippen molar-refractivity contribution in [3.05, 3.63) is 35.3 Å². The van der Waals surface area contributed by atoms with Crippen molar-refractivity contribution in [1.82, 2.24) is 9.97 Å². The van der Waals surface area contributed by atoms with Crippen LogP contribution in [0.25, 0.3) is 10.9 Å². The van der Waals surface area contributed by atoms with Crippen molar-refractivity contribution in [3.63, 3.8) is 0 Å². The fourth-order valence-electron chi connectivity index (χ4n) is 1.96. The first-order chi connectivity index (χ1) is 8.30. The number of rotatable bonds is 1. The van der Waals surface area contributed by atoms with Crippen molar-refractivity contribution in [1.29, 1.82) is 0 Å². The third kappa shape index (κ3) is 2.17. The molecule has 18 heavy (non-hydrogen) atoms. The number of para-hydroxylation sites is 1. The van der Waals surface area contributed by atoms with Gasteiger partial charge in [-0.05, 0) is 18.9 Å². The Labute approximate surface area is 103 Å². The molecule has 0 N–H and O–H groups in total. The fourth-order valence-corrected chi connectivity index (χ4v) is 1.96. The number of halogens is 3. The molecule has 0 saturated carbocycles. The van der Waals surface area contributed by atoms with Crippen LogP contribution in [0, 0.1) is 6.92 Å². The Balaban J connectivity index is 2.86. The fraction of sp³-hybridized carbons (Fsp3) is 0.385. The molecule has 0 saturated heterocycles. The summed E-state index contributed by atoms with van der Waals surface area (Å²) in [5.41, 5.74) is -0.0581. The van der Waals surface area contributed by atoms with Gasteiger partial charge in [0, 0.05) is 5.39 Å². The molecule has 5 heteroatoms. The Kier molecular flexibility index (Phi) is 3.00. The summed E-state index contributed by atoms with van der Waals surface area (Å²) in [6, 6.07) is 4.09. The van der Waals surface area contributed by atoms with Crippen LogP contribution in [0.3, 0.4) is 0 Å². The number of aryl methyl sites for hydroxylation is 1. The van der Waals surface area contributed by atoms with Crippen LogP contribution < -0.4 is 0 Å². The lowest BCUT2D eigenvalue weighted by Crippen LogP contribution is -2.09. The van der Waals surface area contributed by atoms with Gasteiger partial charge < -0.3 is 0 Å². The molecule has 1 heterocycles. The quantitative estimate of drug-likeness (QED) is 0.766. The van der Waals surface area contributed by atoms with Crippen LogP contribution >= 0.6 is 0 Å². The Morgan fingerprint density at radius 2 is 1.78 bits per heavy atom. The summed E-state index contributed by atoms with van der Waals surface area (Å²) in [5.74, 6) is 0.417. The van der Waals surface area contributed by atoms with E-state index in [4.69, 9.17) is 0 Å². The maximum atomic E-state index is 12.9. The minimum atomic E-state index is -4.39. The van der Waals surface area contributed by atoms with Gasteiger partial charge in [-0.1, -0.05) is 26.0 Å². The number of fused-ring (bicyclic) bond motifs is 1. The molecule has 0 radical (unpaired) electrons. The van der Waals surface area contributed by atoms with E-state index in [9.17, 15) is 13.2 Å². The molecule has 0 aliphatic heterocycles. The largest absolute Gasteiger partial charge is 0.418 e. The maximum absolute atomic E-state index is 12.9. The van der Waals surface area contributed by atoms with E-state index in [1.165, 1.54) is 6.07 Å². The first-order valence-electron chi connectivity index (χ1n) is 5.65. The number of hydrogen-bond acceptors (Lipinski definition) is 2. The molecule has 2 rings (SSSR count). The van der Waals surface area contributed by atoms with Gasteiger partial charge in [0.25, 0.3) is 0 Å². The van der Waals surface area contributed by atoms with E-state index in [2.05, 4.69) is 9.97 Å². The summed E-state index contributed by atoms with van der Waals surface area (Å²) >= 11 is 0. The second-order valence-electron chi connectivity index (χ2n) is 4.51. The molecule has 0 bridgehead atoms. The van der Waals surface area contributed by atoms with E-state index in [0.29, 0.717) is 16.9 Å². The molecule has 0 spiro atoms. The predicted molar refractivity (Wildman–Crippen MR) is 63.4 cm³/mol. The number of benzene rings is 1. The highest BCUT2D eigenvalue weighted by molar-refractivity contribution is 5.84. The minimum absolute atomic E-state index is 0.0128. The monoisotopic (exact) mass is 254 g/mol. The SMILES string of the molecule is Cc1nc(C(C)C)c2cccc(C(F)(F)F)c2n1. The topological polar surface area (TPSA) is 25.8 Å². The lowest BCUT2D eigenvalue weighted by atomic mass is 10.0. The molecular formula is C13H13F3N2. The van der Waals surface area contributed by atoms with Crippen molar-refractivity contribution in [2.45, 2.75) is 32.9 Å². The number of nitrogens with zero attached hydrogens (tertiary/aromatic N) is 2. The van der Waals surface area contributed by atoms with Crippen LogP contribution in [-0.4, -0.2) is 9.97 Å². The van der Waals surface area contributed by atoms with Crippen LogP contribution in [0.1, 0.15) is 36.8 Å². The highest BCUT2D eigenvalue weighted by atomic mass is 19.4. The molecule has 0 aliphatic rings. The normalized spacial score (nSPS) is 12.4. The summed E-state index contributed by atoms with van der Waals surface area (Å²) in [7, 11) is 0. The van der Waals surface area contributed by atoms with E-state index < -0.39 is 11.7 Å². The average Bonchev–Trinajstić information content (AvgIpc) is 2.25. The van der Waals surface area contributed by atoms with Crippen LogP contribution in [0.4, 0.5) is 13.2 Å². The highest BCUT2D eigenvalue weighted by Gasteiger charge is 2.33. The summed E-state index contributed by atoms with van der Waals surface area (Å²) in [4.78, 5) is 8.20. The number of aromatic nitrogens is 2. The number of hydrogen-bond donors (Lipinski definition) is 0. The van der Waals surface area contributed by atoms with Gasteiger partial charge in [0.15, 0.2) is 0 Å². The Bertz CT molecular complexity index is 589. The molecule has 1 aromatic carbocycles. The molecule has 1 aromatic heterocycles. The lowest BCUT2D eigenvalue weighted by Gasteiger charge is -2.14. The van der Waals surface area contributed by atoms with Crippen molar-refractivity contribution in [3.8, 4) is 0 Å². The summed E-state index contributed by atoms with van der Waals surface area (Å²) < 4.78 is 38.8. The molecule has 0 fully saturated rings. The molecule has 0 amide bonds. The van der Waals surface area contributed by atoms with Gasteiger partial charge in [-0.2, -0.15) is 13.2 Å². The molecule has 0 atom stereocenters. The molecule has 0 unspecified atom stereocenters. The highest BCUT2D eigenvalue weighted by Crippen LogP contribution is 2.35. The predicted octanol–water partition coefficient (Wildman–Crippen LogP) is 4.08. The van der Waals surface area contributed by atoms with Gasteiger partial charge in [-0.3, -0.25) is 0 Å². The zero-order chi connectivity index (χ0) is 13.5. The van der Waals surface area contributed by atoms with Gasteiger partial charge in [-0.15, -0.1) is 0 Å². The molecule has 2 aromatic rings.